The summed E-state index contributed by atoms with van der Waals surface area (Å²) in [6.07, 6.45) is 1.06. The van der Waals surface area contributed by atoms with Gasteiger partial charge in [0.2, 0.25) is 0 Å². The monoisotopic (exact) mass is 308 g/mol. The number of hydrogen-bond donors (Lipinski definition) is 2. The molecular weight excluding hydrogens is 279 g/mol. The quantitative estimate of drug-likeness (QED) is 0.418. The average molecular weight is 308 g/mol. The summed E-state index contributed by atoms with van der Waals surface area (Å²) in [5.41, 5.74) is 0.614. The Balaban J connectivity index is 2.44. The van der Waals surface area contributed by atoms with E-state index in [4.69, 9.17) is 0 Å². The highest BCUT2D eigenvalue weighted by molar-refractivity contribution is 5.79. The van der Waals surface area contributed by atoms with Crippen molar-refractivity contribution < 1.29 is 4.39 Å². The fraction of sp³-hybridized carbons (Fsp3) is 0.588. The van der Waals surface area contributed by atoms with E-state index in [1.807, 2.05) is 13.0 Å². The molecule has 22 heavy (non-hydrogen) atoms. The van der Waals surface area contributed by atoms with Crippen LogP contribution in [0.15, 0.2) is 29.3 Å². The SMILES string of the molecule is CCNC(=NCc1ccccc1F)NCCCN(CC)CC. The second-order valence-electron chi connectivity index (χ2n) is 5.09. The lowest BCUT2D eigenvalue weighted by molar-refractivity contribution is 0.300. The first-order chi connectivity index (χ1) is 10.7. The topological polar surface area (TPSA) is 39.7 Å². The lowest BCUT2D eigenvalue weighted by atomic mass is 10.2. The Kier molecular flexibility index (Phi) is 9.23. The molecule has 0 aromatic heterocycles. The molecule has 0 aliphatic carbocycles. The maximum atomic E-state index is 13.6. The maximum Gasteiger partial charge on any atom is 0.191 e. The molecule has 0 fully saturated rings. The average Bonchev–Trinajstić information content (AvgIpc) is 2.54. The zero-order chi connectivity index (χ0) is 16.2. The number of rotatable bonds is 9. The zero-order valence-corrected chi connectivity index (χ0v) is 14.0. The summed E-state index contributed by atoms with van der Waals surface area (Å²) < 4.78 is 13.6. The molecule has 0 saturated heterocycles. The van der Waals surface area contributed by atoms with Crippen LogP contribution in [0.3, 0.4) is 0 Å². The van der Waals surface area contributed by atoms with Crippen LogP contribution >= 0.6 is 0 Å². The first-order valence-corrected chi connectivity index (χ1v) is 8.19. The number of hydrogen-bond acceptors (Lipinski definition) is 2. The number of benzene rings is 1. The van der Waals surface area contributed by atoms with Crippen molar-refractivity contribution in [3.05, 3.63) is 35.6 Å². The third kappa shape index (κ3) is 6.89. The molecule has 2 N–H and O–H groups in total. The molecule has 1 aromatic rings. The van der Waals surface area contributed by atoms with Gasteiger partial charge in [-0.05, 0) is 39.0 Å². The van der Waals surface area contributed by atoms with Crippen molar-refractivity contribution in [2.45, 2.75) is 33.7 Å². The fourth-order valence-corrected chi connectivity index (χ4v) is 2.18. The maximum absolute atomic E-state index is 13.6. The van der Waals surface area contributed by atoms with Gasteiger partial charge < -0.3 is 15.5 Å². The van der Waals surface area contributed by atoms with Gasteiger partial charge in [-0.25, -0.2) is 9.38 Å². The van der Waals surface area contributed by atoms with Crippen molar-refractivity contribution in [2.75, 3.05) is 32.7 Å². The highest BCUT2D eigenvalue weighted by Gasteiger charge is 2.02. The Labute approximate surface area is 133 Å². The third-order valence-electron chi connectivity index (χ3n) is 3.55. The second-order valence-corrected chi connectivity index (χ2v) is 5.09. The minimum atomic E-state index is -0.205. The van der Waals surface area contributed by atoms with Crippen LogP contribution in [-0.4, -0.2) is 43.6 Å². The van der Waals surface area contributed by atoms with Crippen molar-refractivity contribution in [1.82, 2.24) is 15.5 Å². The molecule has 0 aliphatic heterocycles. The van der Waals surface area contributed by atoms with E-state index in [1.54, 1.807) is 12.1 Å². The standard InChI is InChI=1S/C17H29FN4/c1-4-19-17(20-12-9-13-22(5-2)6-3)21-14-15-10-7-8-11-16(15)18/h7-8,10-11H,4-6,9,12-14H2,1-3H3,(H2,19,20,21). The number of halogens is 1. The Morgan fingerprint density at radius 2 is 1.86 bits per heavy atom. The van der Waals surface area contributed by atoms with Crippen molar-refractivity contribution >= 4 is 5.96 Å². The van der Waals surface area contributed by atoms with Crippen LogP contribution in [0.2, 0.25) is 0 Å². The van der Waals surface area contributed by atoms with E-state index < -0.39 is 0 Å². The summed E-state index contributed by atoms with van der Waals surface area (Å²) in [6, 6.07) is 6.76. The second kappa shape index (κ2) is 11.0. The molecule has 0 bridgehead atoms. The van der Waals surface area contributed by atoms with E-state index in [2.05, 4.69) is 34.4 Å². The van der Waals surface area contributed by atoms with E-state index in [1.165, 1.54) is 6.07 Å². The summed E-state index contributed by atoms with van der Waals surface area (Å²) >= 11 is 0. The van der Waals surface area contributed by atoms with Crippen LogP contribution < -0.4 is 10.6 Å². The van der Waals surface area contributed by atoms with Crippen molar-refractivity contribution in [1.29, 1.82) is 0 Å². The van der Waals surface area contributed by atoms with E-state index in [0.29, 0.717) is 12.1 Å². The number of aliphatic imine (C=N–C) groups is 1. The Morgan fingerprint density at radius 1 is 1.14 bits per heavy atom. The lowest BCUT2D eigenvalue weighted by Crippen LogP contribution is -2.38. The third-order valence-corrected chi connectivity index (χ3v) is 3.55. The Morgan fingerprint density at radius 3 is 2.50 bits per heavy atom. The van der Waals surface area contributed by atoms with Crippen LogP contribution in [0.1, 0.15) is 32.8 Å². The molecule has 0 spiro atoms. The molecule has 1 rings (SSSR count). The van der Waals surface area contributed by atoms with Crippen LogP contribution in [-0.2, 0) is 6.54 Å². The Bertz CT molecular complexity index is 444. The summed E-state index contributed by atoms with van der Waals surface area (Å²) in [4.78, 5) is 6.84. The van der Waals surface area contributed by atoms with Crippen molar-refractivity contribution in [3.8, 4) is 0 Å². The Hall–Kier alpha value is -1.62. The summed E-state index contributed by atoms with van der Waals surface area (Å²) in [5.74, 6) is 0.536. The first-order valence-electron chi connectivity index (χ1n) is 8.19. The van der Waals surface area contributed by atoms with Gasteiger partial charge in [0.15, 0.2) is 5.96 Å². The molecule has 4 nitrogen and oxygen atoms in total. The minimum Gasteiger partial charge on any atom is -0.357 e. The number of guanidine groups is 1. The molecule has 0 radical (unpaired) electrons. The van der Waals surface area contributed by atoms with Gasteiger partial charge in [-0.2, -0.15) is 0 Å². The molecule has 0 aliphatic rings. The molecule has 0 heterocycles. The normalized spacial score (nSPS) is 11.8. The summed E-state index contributed by atoms with van der Waals surface area (Å²) in [6.45, 7) is 11.6. The van der Waals surface area contributed by atoms with Gasteiger partial charge in [0.05, 0.1) is 6.54 Å². The minimum absolute atomic E-state index is 0.205. The van der Waals surface area contributed by atoms with Crippen molar-refractivity contribution in [3.63, 3.8) is 0 Å². The van der Waals surface area contributed by atoms with E-state index in [9.17, 15) is 4.39 Å². The molecule has 0 atom stereocenters. The predicted molar refractivity (Wildman–Crippen MR) is 91.6 cm³/mol. The molecule has 0 unspecified atom stereocenters. The van der Waals surface area contributed by atoms with Gasteiger partial charge >= 0.3 is 0 Å². The van der Waals surface area contributed by atoms with Gasteiger partial charge in [0.25, 0.3) is 0 Å². The molecule has 0 saturated carbocycles. The van der Waals surface area contributed by atoms with Crippen LogP contribution in [0.4, 0.5) is 4.39 Å². The molecule has 1 aromatic carbocycles. The van der Waals surface area contributed by atoms with Crippen molar-refractivity contribution in [2.24, 2.45) is 4.99 Å². The van der Waals surface area contributed by atoms with E-state index >= 15 is 0 Å². The van der Waals surface area contributed by atoms with Gasteiger partial charge in [-0.3, -0.25) is 0 Å². The number of nitrogens with one attached hydrogen (secondary N) is 2. The largest absolute Gasteiger partial charge is 0.357 e. The molecule has 0 amide bonds. The van der Waals surface area contributed by atoms with E-state index in [0.717, 1.165) is 45.1 Å². The molecule has 5 heteroatoms. The zero-order valence-electron chi connectivity index (χ0n) is 14.0. The molecule has 124 valence electrons. The smallest absolute Gasteiger partial charge is 0.191 e. The van der Waals surface area contributed by atoms with E-state index in [-0.39, 0.29) is 5.82 Å². The highest BCUT2D eigenvalue weighted by atomic mass is 19.1. The first kappa shape index (κ1) is 18.4. The van der Waals surface area contributed by atoms with Crippen LogP contribution in [0.25, 0.3) is 0 Å². The fourth-order valence-electron chi connectivity index (χ4n) is 2.18. The van der Waals surface area contributed by atoms with Gasteiger partial charge in [0.1, 0.15) is 5.82 Å². The predicted octanol–water partition coefficient (Wildman–Crippen LogP) is 2.61. The summed E-state index contributed by atoms with van der Waals surface area (Å²) in [5, 5.41) is 6.49. The van der Waals surface area contributed by atoms with Gasteiger partial charge in [-0.15, -0.1) is 0 Å². The summed E-state index contributed by atoms with van der Waals surface area (Å²) in [7, 11) is 0. The highest BCUT2D eigenvalue weighted by Crippen LogP contribution is 2.07. The lowest BCUT2D eigenvalue weighted by Gasteiger charge is -2.18. The number of nitrogens with zero attached hydrogens (tertiary/aromatic N) is 2. The van der Waals surface area contributed by atoms with Crippen LogP contribution in [0, 0.1) is 5.82 Å². The van der Waals surface area contributed by atoms with Crippen LogP contribution in [0.5, 0.6) is 0 Å². The van der Waals surface area contributed by atoms with Gasteiger partial charge in [-0.1, -0.05) is 32.0 Å². The molecular formula is C17H29FN4. The van der Waals surface area contributed by atoms with Gasteiger partial charge in [0, 0.05) is 18.7 Å².